The van der Waals surface area contributed by atoms with Crippen molar-refractivity contribution in [1.29, 1.82) is 0 Å². The van der Waals surface area contributed by atoms with Crippen molar-refractivity contribution in [3.63, 3.8) is 0 Å². The first-order chi connectivity index (χ1) is 12.0. The van der Waals surface area contributed by atoms with Crippen molar-refractivity contribution in [1.82, 2.24) is 29.8 Å². The molecule has 0 radical (unpaired) electrons. The number of aromatic nitrogens is 4. The Morgan fingerprint density at radius 1 is 1.28 bits per heavy atom. The van der Waals surface area contributed by atoms with Gasteiger partial charge in [0.25, 0.3) is 5.78 Å². The van der Waals surface area contributed by atoms with Crippen molar-refractivity contribution >= 4 is 17.6 Å². The van der Waals surface area contributed by atoms with Gasteiger partial charge in [-0.05, 0) is 32.8 Å². The molecule has 0 aliphatic carbocycles. The Bertz CT molecular complexity index is 845. The second-order valence-electron chi connectivity index (χ2n) is 7.09. The highest BCUT2D eigenvalue weighted by atomic mass is 16.2. The maximum atomic E-state index is 12.8. The predicted molar refractivity (Wildman–Crippen MR) is 89.8 cm³/mol. The van der Waals surface area contributed by atoms with Gasteiger partial charge in [-0.3, -0.25) is 9.59 Å². The Morgan fingerprint density at radius 3 is 2.96 bits per heavy atom. The van der Waals surface area contributed by atoms with E-state index in [0.717, 1.165) is 30.7 Å². The number of nitrogens with one attached hydrogen (secondary N) is 1. The number of aryl methyl sites for hydroxylation is 2. The van der Waals surface area contributed by atoms with E-state index in [2.05, 4.69) is 20.4 Å². The Hall–Kier alpha value is -2.51. The maximum absolute atomic E-state index is 12.8. The first-order valence-electron chi connectivity index (χ1n) is 8.77. The molecule has 25 heavy (non-hydrogen) atoms. The number of nitrogens with zero attached hydrogens (tertiary/aromatic N) is 5. The van der Waals surface area contributed by atoms with Gasteiger partial charge in [-0.2, -0.15) is 4.98 Å². The van der Waals surface area contributed by atoms with E-state index in [9.17, 15) is 9.59 Å². The Kier molecular flexibility index (Phi) is 3.89. The van der Waals surface area contributed by atoms with Gasteiger partial charge in [0.2, 0.25) is 11.8 Å². The number of amides is 2. The SMILES string of the molecule is Cc1cc(C)n2nc(CC(=O)N3C[C@H]4CCC[C@@H](C3)C(=O)N4)nc2n1. The second-order valence-corrected chi connectivity index (χ2v) is 7.09. The monoisotopic (exact) mass is 342 g/mol. The lowest BCUT2D eigenvalue weighted by Gasteiger charge is -2.27. The van der Waals surface area contributed by atoms with E-state index < -0.39 is 0 Å². The summed E-state index contributed by atoms with van der Waals surface area (Å²) in [5.74, 6) is 0.944. The quantitative estimate of drug-likeness (QED) is 0.853. The van der Waals surface area contributed by atoms with Gasteiger partial charge in [-0.1, -0.05) is 6.42 Å². The molecule has 4 rings (SSSR count). The number of fused-ring (bicyclic) bond motifs is 4. The lowest BCUT2D eigenvalue weighted by atomic mass is 9.99. The minimum Gasteiger partial charge on any atom is -0.351 e. The molecule has 2 aromatic rings. The van der Waals surface area contributed by atoms with E-state index >= 15 is 0 Å². The average Bonchev–Trinajstić information content (AvgIpc) is 2.74. The minimum absolute atomic E-state index is 0.0290. The lowest BCUT2D eigenvalue weighted by molar-refractivity contribution is -0.131. The minimum atomic E-state index is -0.1000. The summed E-state index contributed by atoms with van der Waals surface area (Å²) >= 11 is 0. The molecule has 0 saturated carbocycles. The molecule has 0 spiro atoms. The molecular formula is C17H22N6O2. The number of carbonyl (C=O) groups is 2. The van der Waals surface area contributed by atoms with Crippen LogP contribution in [0.3, 0.4) is 0 Å². The molecule has 2 bridgehead atoms. The normalized spacial score (nSPS) is 23.4. The topological polar surface area (TPSA) is 92.5 Å². The largest absolute Gasteiger partial charge is 0.351 e. The number of likely N-dealkylation sites (tertiary alicyclic amines) is 1. The van der Waals surface area contributed by atoms with Crippen molar-refractivity contribution < 1.29 is 9.59 Å². The molecule has 2 aromatic heterocycles. The zero-order valence-electron chi connectivity index (χ0n) is 14.5. The smallest absolute Gasteiger partial charge is 0.252 e. The fourth-order valence-electron chi connectivity index (χ4n) is 3.78. The van der Waals surface area contributed by atoms with E-state index in [1.54, 1.807) is 9.42 Å². The van der Waals surface area contributed by atoms with Crippen LogP contribution in [-0.4, -0.2) is 55.4 Å². The van der Waals surface area contributed by atoms with Crippen LogP contribution < -0.4 is 5.32 Å². The summed E-state index contributed by atoms with van der Waals surface area (Å²) < 4.78 is 1.66. The molecule has 2 aliphatic heterocycles. The highest BCUT2D eigenvalue weighted by Gasteiger charge is 2.34. The molecule has 2 saturated heterocycles. The fraction of sp³-hybridized carbons (Fsp3) is 0.588. The van der Waals surface area contributed by atoms with Crippen LogP contribution in [0.1, 0.15) is 36.5 Å². The zero-order valence-corrected chi connectivity index (χ0v) is 14.5. The van der Waals surface area contributed by atoms with E-state index in [1.807, 2.05) is 19.9 Å². The van der Waals surface area contributed by atoms with Crippen molar-refractivity contribution in [2.75, 3.05) is 13.1 Å². The van der Waals surface area contributed by atoms with E-state index in [4.69, 9.17) is 0 Å². The number of carbonyl (C=O) groups excluding carboxylic acids is 2. The highest BCUT2D eigenvalue weighted by Crippen LogP contribution is 2.22. The Balaban J connectivity index is 1.54. The standard InChI is InChI=1S/C17H22N6O2/c1-10-6-11(2)23-17(18-10)20-14(21-23)7-15(24)22-8-12-4-3-5-13(9-22)19-16(12)25/h6,12-13H,3-5,7-9H2,1-2H3,(H,19,25)/t12-,13+/m0/s1. The van der Waals surface area contributed by atoms with Gasteiger partial charge >= 0.3 is 0 Å². The summed E-state index contributed by atoms with van der Waals surface area (Å²) in [5.41, 5.74) is 1.81. The van der Waals surface area contributed by atoms with Gasteiger partial charge in [0, 0.05) is 30.5 Å². The second kappa shape index (κ2) is 6.09. The highest BCUT2D eigenvalue weighted by molar-refractivity contribution is 5.83. The number of hydrogen-bond donors (Lipinski definition) is 1. The van der Waals surface area contributed by atoms with E-state index in [0.29, 0.717) is 24.7 Å². The van der Waals surface area contributed by atoms with Crippen molar-refractivity contribution in [3.05, 3.63) is 23.3 Å². The number of rotatable bonds is 2. The molecule has 4 heterocycles. The number of hydrogen-bond acceptors (Lipinski definition) is 5. The van der Waals surface area contributed by atoms with E-state index in [1.165, 1.54) is 0 Å². The molecule has 132 valence electrons. The predicted octanol–water partition coefficient (Wildman–Crippen LogP) is 0.411. The summed E-state index contributed by atoms with van der Waals surface area (Å²) in [6, 6.07) is 1.99. The summed E-state index contributed by atoms with van der Waals surface area (Å²) in [6.07, 6.45) is 2.95. The molecule has 2 aliphatic rings. The van der Waals surface area contributed by atoms with Crippen LogP contribution in [0.2, 0.25) is 0 Å². The van der Waals surface area contributed by atoms with Crippen LogP contribution >= 0.6 is 0 Å². The van der Waals surface area contributed by atoms with Gasteiger partial charge in [0.15, 0.2) is 5.82 Å². The fourth-order valence-corrected chi connectivity index (χ4v) is 3.78. The summed E-state index contributed by atoms with van der Waals surface area (Å²) in [4.78, 5) is 35.4. The van der Waals surface area contributed by atoms with Crippen LogP contribution in [0.5, 0.6) is 0 Å². The molecule has 8 nitrogen and oxygen atoms in total. The maximum Gasteiger partial charge on any atom is 0.252 e. The van der Waals surface area contributed by atoms with Gasteiger partial charge in [-0.15, -0.1) is 5.10 Å². The average molecular weight is 342 g/mol. The molecule has 2 fully saturated rings. The van der Waals surface area contributed by atoms with Gasteiger partial charge in [0.1, 0.15) is 0 Å². The first kappa shape index (κ1) is 16.0. The van der Waals surface area contributed by atoms with Gasteiger partial charge < -0.3 is 10.2 Å². The van der Waals surface area contributed by atoms with E-state index in [-0.39, 0.29) is 30.2 Å². The van der Waals surface area contributed by atoms with Gasteiger partial charge in [-0.25, -0.2) is 9.50 Å². The Labute approximate surface area is 145 Å². The molecule has 2 atom stereocenters. The lowest BCUT2D eigenvalue weighted by Crippen LogP contribution is -2.42. The van der Waals surface area contributed by atoms with Crippen LogP contribution in [0.4, 0.5) is 0 Å². The zero-order chi connectivity index (χ0) is 17.6. The summed E-state index contributed by atoms with van der Waals surface area (Å²) in [6.45, 7) is 4.91. The van der Waals surface area contributed by atoms with Crippen molar-refractivity contribution in [3.8, 4) is 0 Å². The van der Waals surface area contributed by atoms with Crippen LogP contribution in [-0.2, 0) is 16.0 Å². The third-order valence-electron chi connectivity index (χ3n) is 5.03. The molecule has 0 aromatic carbocycles. The van der Waals surface area contributed by atoms with Crippen LogP contribution in [0.15, 0.2) is 6.07 Å². The Morgan fingerprint density at radius 2 is 2.12 bits per heavy atom. The van der Waals surface area contributed by atoms with Gasteiger partial charge in [0.05, 0.1) is 12.3 Å². The van der Waals surface area contributed by atoms with Crippen molar-refractivity contribution in [2.45, 2.75) is 45.6 Å². The third-order valence-corrected chi connectivity index (χ3v) is 5.03. The van der Waals surface area contributed by atoms with Crippen LogP contribution in [0.25, 0.3) is 5.78 Å². The third kappa shape index (κ3) is 3.08. The molecule has 2 amide bonds. The summed E-state index contributed by atoms with van der Waals surface area (Å²) in [7, 11) is 0. The summed E-state index contributed by atoms with van der Waals surface area (Å²) in [5, 5.41) is 7.46. The molecule has 1 N–H and O–H groups in total. The van der Waals surface area contributed by atoms with Crippen molar-refractivity contribution in [2.24, 2.45) is 5.92 Å². The first-order valence-corrected chi connectivity index (χ1v) is 8.77. The van der Waals surface area contributed by atoms with Crippen LogP contribution in [0, 0.1) is 19.8 Å². The molecule has 8 heteroatoms. The molecular weight excluding hydrogens is 320 g/mol. The molecule has 0 unspecified atom stereocenters.